The fourth-order valence-electron chi connectivity index (χ4n) is 0.982. The van der Waals surface area contributed by atoms with Crippen molar-refractivity contribution in [2.24, 2.45) is 5.92 Å². The lowest BCUT2D eigenvalue weighted by Gasteiger charge is -2.06. The molecule has 0 radical (unpaired) electrons. The van der Waals surface area contributed by atoms with Gasteiger partial charge in [-0.2, -0.15) is 0 Å². The smallest absolute Gasteiger partial charge is 0.0697 e. The minimum Gasteiger partial charge on any atom is -0.394 e. The fourth-order valence-corrected chi connectivity index (χ4v) is 0.982. The standard InChI is InChI=1S/C10H23NO2/c1-10(2)4-6-11-5-3-8-13-9-7-12/h10-12H,3-9H2,1-2H3. The van der Waals surface area contributed by atoms with E-state index in [1.807, 2.05) is 0 Å². The molecule has 0 aromatic heterocycles. The van der Waals surface area contributed by atoms with Crippen LogP contribution in [0.5, 0.6) is 0 Å². The lowest BCUT2D eigenvalue weighted by Crippen LogP contribution is -2.19. The molecule has 0 fully saturated rings. The van der Waals surface area contributed by atoms with Gasteiger partial charge in [0.1, 0.15) is 0 Å². The largest absolute Gasteiger partial charge is 0.394 e. The molecule has 0 aromatic carbocycles. The molecule has 0 aliphatic heterocycles. The molecule has 0 heterocycles. The molecule has 0 unspecified atom stereocenters. The fraction of sp³-hybridized carbons (Fsp3) is 1.00. The summed E-state index contributed by atoms with van der Waals surface area (Å²) in [6.07, 6.45) is 2.26. The van der Waals surface area contributed by atoms with Gasteiger partial charge in [-0.3, -0.25) is 0 Å². The summed E-state index contributed by atoms with van der Waals surface area (Å²) in [6, 6.07) is 0. The highest BCUT2D eigenvalue weighted by Gasteiger charge is 1.92. The van der Waals surface area contributed by atoms with Crippen LogP contribution < -0.4 is 5.32 Å². The van der Waals surface area contributed by atoms with Gasteiger partial charge in [-0.25, -0.2) is 0 Å². The number of hydrogen-bond donors (Lipinski definition) is 2. The number of aliphatic hydroxyl groups excluding tert-OH is 1. The lowest BCUT2D eigenvalue weighted by atomic mass is 10.1. The van der Waals surface area contributed by atoms with E-state index in [0.717, 1.165) is 32.0 Å². The molecule has 13 heavy (non-hydrogen) atoms. The molecule has 0 rings (SSSR count). The summed E-state index contributed by atoms with van der Waals surface area (Å²) in [5.74, 6) is 0.776. The van der Waals surface area contributed by atoms with Crippen molar-refractivity contribution in [1.82, 2.24) is 5.32 Å². The van der Waals surface area contributed by atoms with Crippen LogP contribution in [0.1, 0.15) is 26.7 Å². The Bertz CT molecular complexity index is 96.9. The highest BCUT2D eigenvalue weighted by Crippen LogP contribution is 1.95. The molecule has 0 saturated heterocycles. The summed E-state index contributed by atoms with van der Waals surface area (Å²) in [6.45, 7) is 7.90. The molecule has 0 spiro atoms. The summed E-state index contributed by atoms with van der Waals surface area (Å²) in [4.78, 5) is 0. The summed E-state index contributed by atoms with van der Waals surface area (Å²) in [7, 11) is 0. The van der Waals surface area contributed by atoms with Gasteiger partial charge in [-0.15, -0.1) is 0 Å². The van der Waals surface area contributed by atoms with Crippen molar-refractivity contribution in [3.8, 4) is 0 Å². The first-order chi connectivity index (χ1) is 6.27. The van der Waals surface area contributed by atoms with Crippen LogP contribution in [0.4, 0.5) is 0 Å². The summed E-state index contributed by atoms with van der Waals surface area (Å²) in [5, 5.41) is 11.8. The van der Waals surface area contributed by atoms with Crippen molar-refractivity contribution < 1.29 is 9.84 Å². The van der Waals surface area contributed by atoms with Crippen molar-refractivity contribution >= 4 is 0 Å². The van der Waals surface area contributed by atoms with Crippen LogP contribution in [-0.2, 0) is 4.74 Å². The Morgan fingerprint density at radius 1 is 1.23 bits per heavy atom. The summed E-state index contributed by atoms with van der Waals surface area (Å²) < 4.78 is 5.12. The molecule has 0 saturated carbocycles. The van der Waals surface area contributed by atoms with Crippen LogP contribution in [0, 0.1) is 5.92 Å². The average molecular weight is 189 g/mol. The molecule has 3 nitrogen and oxygen atoms in total. The highest BCUT2D eigenvalue weighted by atomic mass is 16.5. The van der Waals surface area contributed by atoms with Crippen LogP contribution in [0.25, 0.3) is 0 Å². The van der Waals surface area contributed by atoms with Crippen LogP contribution >= 0.6 is 0 Å². The predicted octanol–water partition coefficient (Wildman–Crippen LogP) is 1.02. The van der Waals surface area contributed by atoms with Crippen molar-refractivity contribution in [3.05, 3.63) is 0 Å². The van der Waals surface area contributed by atoms with E-state index in [4.69, 9.17) is 9.84 Å². The minimum atomic E-state index is 0.126. The van der Waals surface area contributed by atoms with Gasteiger partial charge in [0, 0.05) is 6.61 Å². The third kappa shape index (κ3) is 11.9. The Hall–Kier alpha value is -0.120. The predicted molar refractivity (Wildman–Crippen MR) is 54.8 cm³/mol. The van der Waals surface area contributed by atoms with Crippen LogP contribution in [0.3, 0.4) is 0 Å². The highest BCUT2D eigenvalue weighted by molar-refractivity contribution is 4.50. The lowest BCUT2D eigenvalue weighted by molar-refractivity contribution is 0.0907. The second-order valence-electron chi connectivity index (χ2n) is 3.62. The summed E-state index contributed by atoms with van der Waals surface area (Å²) in [5.41, 5.74) is 0. The zero-order chi connectivity index (χ0) is 9.94. The van der Waals surface area contributed by atoms with Crippen molar-refractivity contribution in [2.45, 2.75) is 26.7 Å². The van der Waals surface area contributed by atoms with Crippen molar-refractivity contribution in [3.63, 3.8) is 0 Å². The average Bonchev–Trinajstić information content (AvgIpc) is 2.09. The molecule has 3 heteroatoms. The third-order valence-electron chi connectivity index (χ3n) is 1.78. The van der Waals surface area contributed by atoms with Gasteiger partial charge < -0.3 is 15.2 Å². The molecule has 0 amide bonds. The van der Waals surface area contributed by atoms with E-state index in [-0.39, 0.29) is 6.61 Å². The van der Waals surface area contributed by atoms with Gasteiger partial charge in [-0.1, -0.05) is 13.8 Å². The molecule has 0 atom stereocenters. The molecule has 0 aliphatic carbocycles. The Morgan fingerprint density at radius 2 is 2.00 bits per heavy atom. The molecule has 80 valence electrons. The Labute approximate surface area is 81.5 Å². The maximum atomic E-state index is 8.43. The molecule has 0 aliphatic rings. The Morgan fingerprint density at radius 3 is 2.62 bits per heavy atom. The zero-order valence-corrected chi connectivity index (χ0v) is 8.88. The Balaban J connectivity index is 2.84. The third-order valence-corrected chi connectivity index (χ3v) is 1.78. The van der Waals surface area contributed by atoms with Gasteiger partial charge >= 0.3 is 0 Å². The maximum Gasteiger partial charge on any atom is 0.0697 e. The SMILES string of the molecule is CC(C)CCNCCCOCCO. The van der Waals surface area contributed by atoms with Gasteiger partial charge in [-0.05, 0) is 31.8 Å². The van der Waals surface area contributed by atoms with E-state index in [2.05, 4.69) is 19.2 Å². The maximum absolute atomic E-state index is 8.43. The molecular formula is C10H23NO2. The number of aliphatic hydroxyl groups is 1. The van der Waals surface area contributed by atoms with Crippen LogP contribution in [0.2, 0.25) is 0 Å². The molecule has 0 aromatic rings. The van der Waals surface area contributed by atoms with Crippen molar-refractivity contribution in [2.75, 3.05) is 32.9 Å². The Kier molecular flexibility index (Phi) is 9.87. The number of rotatable bonds is 9. The van der Waals surface area contributed by atoms with Gasteiger partial charge in [0.05, 0.1) is 13.2 Å². The first-order valence-corrected chi connectivity index (χ1v) is 5.16. The topological polar surface area (TPSA) is 41.5 Å². The van der Waals surface area contributed by atoms with E-state index in [9.17, 15) is 0 Å². The van der Waals surface area contributed by atoms with E-state index in [1.54, 1.807) is 0 Å². The first kappa shape index (κ1) is 12.9. The summed E-state index contributed by atoms with van der Waals surface area (Å²) >= 11 is 0. The zero-order valence-electron chi connectivity index (χ0n) is 8.88. The van der Waals surface area contributed by atoms with E-state index < -0.39 is 0 Å². The number of hydrogen-bond acceptors (Lipinski definition) is 3. The van der Waals surface area contributed by atoms with Gasteiger partial charge in [0.15, 0.2) is 0 Å². The van der Waals surface area contributed by atoms with E-state index in [1.165, 1.54) is 6.42 Å². The number of nitrogens with one attached hydrogen (secondary N) is 1. The van der Waals surface area contributed by atoms with Crippen LogP contribution in [-0.4, -0.2) is 38.0 Å². The number of ether oxygens (including phenoxy) is 1. The monoisotopic (exact) mass is 189 g/mol. The second-order valence-corrected chi connectivity index (χ2v) is 3.62. The van der Waals surface area contributed by atoms with Gasteiger partial charge in [0.2, 0.25) is 0 Å². The molecule has 2 N–H and O–H groups in total. The first-order valence-electron chi connectivity index (χ1n) is 5.16. The minimum absolute atomic E-state index is 0.126. The normalized spacial score (nSPS) is 11.1. The van der Waals surface area contributed by atoms with E-state index >= 15 is 0 Å². The van der Waals surface area contributed by atoms with E-state index in [0.29, 0.717) is 6.61 Å². The van der Waals surface area contributed by atoms with Crippen molar-refractivity contribution in [1.29, 1.82) is 0 Å². The second kappa shape index (κ2) is 9.96. The molecule has 0 bridgehead atoms. The quantitative estimate of drug-likeness (QED) is 0.532. The van der Waals surface area contributed by atoms with Gasteiger partial charge in [0.25, 0.3) is 0 Å². The van der Waals surface area contributed by atoms with Crippen LogP contribution in [0.15, 0.2) is 0 Å². The molecular weight excluding hydrogens is 166 g/mol.